The summed E-state index contributed by atoms with van der Waals surface area (Å²) in [6.45, 7) is 4.06. The first-order chi connectivity index (χ1) is 6.24. The third-order valence-electron chi connectivity index (χ3n) is 1.53. The van der Waals surface area contributed by atoms with Gasteiger partial charge in [0.25, 0.3) is 5.91 Å². The van der Waals surface area contributed by atoms with E-state index < -0.39 is 6.10 Å². The van der Waals surface area contributed by atoms with E-state index in [0.717, 1.165) is 0 Å². The summed E-state index contributed by atoms with van der Waals surface area (Å²) >= 11 is 0. The van der Waals surface area contributed by atoms with Gasteiger partial charge in [-0.3, -0.25) is 10.1 Å². The summed E-state index contributed by atoms with van der Waals surface area (Å²) in [7, 11) is 0. The van der Waals surface area contributed by atoms with Gasteiger partial charge in [0.1, 0.15) is 6.10 Å². The second kappa shape index (κ2) is 4.61. The molecule has 5 heteroatoms. The van der Waals surface area contributed by atoms with Crippen LogP contribution < -0.4 is 5.32 Å². The second-order valence-corrected chi connectivity index (χ2v) is 2.52. The molecule has 0 bridgehead atoms. The number of ether oxygens (including phenoxy) is 1. The second-order valence-electron chi connectivity index (χ2n) is 2.52. The van der Waals surface area contributed by atoms with E-state index >= 15 is 0 Å². The Morgan fingerprint density at radius 3 is 3.15 bits per heavy atom. The predicted molar refractivity (Wildman–Crippen MR) is 48.3 cm³/mol. The van der Waals surface area contributed by atoms with Gasteiger partial charge in [-0.2, -0.15) is 0 Å². The van der Waals surface area contributed by atoms with Crippen LogP contribution in [0.3, 0.4) is 0 Å². The molecule has 1 aromatic rings. The lowest BCUT2D eigenvalue weighted by atomic mass is 10.4. The van der Waals surface area contributed by atoms with Crippen molar-refractivity contribution < 1.29 is 9.53 Å². The summed E-state index contributed by atoms with van der Waals surface area (Å²) in [4.78, 5) is 17.9. The third-order valence-corrected chi connectivity index (χ3v) is 1.53. The molecule has 0 spiro atoms. The number of carbonyl (C=O) groups excluding carboxylic acids is 1. The van der Waals surface area contributed by atoms with Gasteiger partial charge in [-0.05, 0) is 13.8 Å². The quantitative estimate of drug-likeness (QED) is 0.724. The topological polar surface area (TPSA) is 67.0 Å². The first-order valence-electron chi connectivity index (χ1n) is 4.16. The maximum absolute atomic E-state index is 11.3. The molecule has 13 heavy (non-hydrogen) atoms. The number of nitrogens with zero attached hydrogens (tertiary/aromatic N) is 1. The Kier molecular flexibility index (Phi) is 3.45. The molecule has 0 radical (unpaired) electrons. The number of rotatable bonds is 4. The van der Waals surface area contributed by atoms with Crippen LogP contribution in [0.1, 0.15) is 13.8 Å². The molecular weight excluding hydrogens is 170 g/mol. The van der Waals surface area contributed by atoms with Gasteiger partial charge in [-0.15, -0.1) is 0 Å². The third kappa shape index (κ3) is 2.87. The maximum atomic E-state index is 11.3. The highest BCUT2D eigenvalue weighted by atomic mass is 16.5. The number of aromatic nitrogens is 2. The highest BCUT2D eigenvalue weighted by Gasteiger charge is 2.12. The molecule has 1 aromatic heterocycles. The molecule has 0 saturated heterocycles. The van der Waals surface area contributed by atoms with Crippen LogP contribution in [0.5, 0.6) is 0 Å². The molecule has 1 heterocycles. The molecule has 2 N–H and O–H groups in total. The maximum Gasteiger partial charge on any atom is 0.255 e. The number of hydrogen-bond donors (Lipinski definition) is 2. The minimum atomic E-state index is -0.449. The molecule has 72 valence electrons. The van der Waals surface area contributed by atoms with Crippen molar-refractivity contribution in [3.8, 4) is 0 Å². The van der Waals surface area contributed by atoms with Crippen LogP contribution in [-0.4, -0.2) is 28.6 Å². The first kappa shape index (κ1) is 9.73. The van der Waals surface area contributed by atoms with E-state index in [2.05, 4.69) is 15.3 Å². The predicted octanol–water partition coefficient (Wildman–Crippen LogP) is 0.773. The number of nitrogens with one attached hydrogen (secondary N) is 2. The Balaban J connectivity index is 2.41. The smallest absolute Gasteiger partial charge is 0.255 e. The number of H-pyrrole nitrogens is 1. The molecule has 1 unspecified atom stereocenters. The number of anilines is 1. The molecule has 0 fully saturated rings. The van der Waals surface area contributed by atoms with E-state index in [4.69, 9.17) is 4.74 Å². The van der Waals surface area contributed by atoms with Crippen molar-refractivity contribution in [3.63, 3.8) is 0 Å². The fraction of sp³-hybridized carbons (Fsp3) is 0.500. The van der Waals surface area contributed by atoms with Gasteiger partial charge < -0.3 is 9.72 Å². The van der Waals surface area contributed by atoms with Crippen molar-refractivity contribution in [2.45, 2.75) is 20.0 Å². The average molecular weight is 183 g/mol. The van der Waals surface area contributed by atoms with E-state index in [1.165, 1.54) is 0 Å². The van der Waals surface area contributed by atoms with Gasteiger partial charge in [0, 0.05) is 19.0 Å². The van der Waals surface area contributed by atoms with Crippen LogP contribution >= 0.6 is 0 Å². The molecule has 1 amide bonds. The molecule has 0 aromatic carbocycles. The average Bonchev–Trinajstić information content (AvgIpc) is 2.57. The van der Waals surface area contributed by atoms with Gasteiger partial charge in [0.2, 0.25) is 5.95 Å². The lowest BCUT2D eigenvalue weighted by Gasteiger charge is -2.09. The first-order valence-corrected chi connectivity index (χ1v) is 4.16. The Morgan fingerprint density at radius 1 is 1.85 bits per heavy atom. The standard InChI is InChI=1S/C8H13N3O2/c1-3-13-6(2)7(12)11-8-9-4-5-10-8/h4-6H,3H2,1-2H3,(H2,9,10,11,12). The lowest BCUT2D eigenvalue weighted by molar-refractivity contribution is -0.126. The highest BCUT2D eigenvalue weighted by Crippen LogP contribution is 1.98. The summed E-state index contributed by atoms with van der Waals surface area (Å²) in [6.07, 6.45) is 2.76. The van der Waals surface area contributed by atoms with Crippen molar-refractivity contribution in [2.24, 2.45) is 0 Å². The molecule has 0 aliphatic rings. The number of amides is 1. The normalized spacial score (nSPS) is 12.5. The van der Waals surface area contributed by atoms with E-state index in [1.54, 1.807) is 19.3 Å². The Labute approximate surface area is 76.5 Å². The van der Waals surface area contributed by atoms with E-state index in [-0.39, 0.29) is 5.91 Å². The van der Waals surface area contributed by atoms with Crippen molar-refractivity contribution >= 4 is 11.9 Å². The van der Waals surface area contributed by atoms with Crippen LogP contribution in [-0.2, 0) is 9.53 Å². The Bertz CT molecular complexity index is 258. The SMILES string of the molecule is CCOC(C)C(=O)Nc1ncc[nH]1. The highest BCUT2D eigenvalue weighted by molar-refractivity contribution is 5.92. The van der Waals surface area contributed by atoms with E-state index in [1.807, 2.05) is 6.92 Å². The molecule has 5 nitrogen and oxygen atoms in total. The summed E-state index contributed by atoms with van der Waals surface area (Å²) in [5.41, 5.74) is 0. The molecule has 1 rings (SSSR count). The molecule has 0 aliphatic carbocycles. The fourth-order valence-corrected chi connectivity index (χ4v) is 0.878. The van der Waals surface area contributed by atoms with Crippen LogP contribution in [0.25, 0.3) is 0 Å². The van der Waals surface area contributed by atoms with Gasteiger partial charge in [0.15, 0.2) is 0 Å². The van der Waals surface area contributed by atoms with Crippen molar-refractivity contribution in [1.29, 1.82) is 0 Å². The van der Waals surface area contributed by atoms with E-state index in [9.17, 15) is 4.79 Å². The summed E-state index contributed by atoms with van der Waals surface area (Å²) in [5, 5.41) is 2.58. The zero-order chi connectivity index (χ0) is 9.68. The molecule has 0 saturated carbocycles. The van der Waals surface area contributed by atoms with Gasteiger partial charge in [0.05, 0.1) is 0 Å². The minimum Gasteiger partial charge on any atom is -0.369 e. The van der Waals surface area contributed by atoms with Crippen LogP contribution in [0.15, 0.2) is 12.4 Å². The summed E-state index contributed by atoms with van der Waals surface area (Å²) in [6, 6.07) is 0. The van der Waals surface area contributed by atoms with Crippen LogP contribution in [0, 0.1) is 0 Å². The minimum absolute atomic E-state index is 0.197. The van der Waals surface area contributed by atoms with E-state index in [0.29, 0.717) is 12.6 Å². The largest absolute Gasteiger partial charge is 0.369 e. The fourth-order valence-electron chi connectivity index (χ4n) is 0.878. The number of carbonyl (C=O) groups is 1. The number of hydrogen-bond acceptors (Lipinski definition) is 3. The number of aromatic amines is 1. The monoisotopic (exact) mass is 183 g/mol. The van der Waals surface area contributed by atoms with Crippen molar-refractivity contribution in [3.05, 3.63) is 12.4 Å². The van der Waals surface area contributed by atoms with Crippen LogP contribution in [0.4, 0.5) is 5.95 Å². The van der Waals surface area contributed by atoms with Crippen LogP contribution in [0.2, 0.25) is 0 Å². The summed E-state index contributed by atoms with van der Waals surface area (Å²) < 4.78 is 5.10. The Morgan fingerprint density at radius 2 is 2.62 bits per heavy atom. The molecule has 1 atom stereocenters. The summed E-state index contributed by atoms with van der Waals surface area (Å²) in [5.74, 6) is 0.244. The molecular formula is C8H13N3O2. The van der Waals surface area contributed by atoms with Crippen molar-refractivity contribution in [1.82, 2.24) is 9.97 Å². The van der Waals surface area contributed by atoms with Gasteiger partial charge >= 0.3 is 0 Å². The Hall–Kier alpha value is -1.36. The van der Waals surface area contributed by atoms with Crippen molar-refractivity contribution in [2.75, 3.05) is 11.9 Å². The zero-order valence-electron chi connectivity index (χ0n) is 7.70. The van der Waals surface area contributed by atoms with Gasteiger partial charge in [-0.25, -0.2) is 4.98 Å². The van der Waals surface area contributed by atoms with Gasteiger partial charge in [-0.1, -0.05) is 0 Å². The number of imidazole rings is 1. The zero-order valence-corrected chi connectivity index (χ0v) is 7.70. The lowest BCUT2D eigenvalue weighted by Crippen LogP contribution is -2.28. The molecule has 0 aliphatic heterocycles.